The van der Waals surface area contributed by atoms with Gasteiger partial charge >= 0.3 is 24.1 Å². The van der Waals surface area contributed by atoms with Gasteiger partial charge in [-0.25, -0.2) is 35.5 Å². The number of amides is 6. The first-order valence-electron chi connectivity index (χ1n) is 30.2. The Morgan fingerprint density at radius 2 is 0.753 bits per heavy atom. The van der Waals surface area contributed by atoms with Crippen LogP contribution in [0.1, 0.15) is 113 Å². The molecular formula is C66H82Cl3N15O5. The molecule has 9 aromatic rings. The van der Waals surface area contributed by atoms with Gasteiger partial charge in [0.05, 0.1) is 77.4 Å². The van der Waals surface area contributed by atoms with Gasteiger partial charge in [-0.2, -0.15) is 0 Å². The Kier molecular flexibility index (Phi) is 25.6. The number of hydrogen-bond acceptors (Lipinski definition) is 8. The number of aryl methyl sites for hydroxylation is 8. The normalized spacial score (nSPS) is 11.1. The molecule has 0 aliphatic carbocycles. The molecule has 0 spiro atoms. The molecule has 0 atom stereocenters. The van der Waals surface area contributed by atoms with Gasteiger partial charge in [0.2, 0.25) is 16.9 Å². The molecule has 6 aromatic carbocycles. The summed E-state index contributed by atoms with van der Waals surface area (Å²) in [4.78, 5) is 49.5. The first-order valence-corrected chi connectivity index (χ1v) is 31.3. The first-order chi connectivity index (χ1) is 43.0. The lowest BCUT2D eigenvalue weighted by molar-refractivity contribution is 0.0497. The van der Waals surface area contributed by atoms with Crippen LogP contribution in [0, 0.1) is 13.8 Å². The van der Waals surface area contributed by atoms with Crippen LogP contribution in [0.3, 0.4) is 0 Å². The Hall–Kier alpha value is -8.72. The van der Waals surface area contributed by atoms with Crippen molar-refractivity contribution in [2.75, 3.05) is 22.6 Å². The number of nitrogens with zero attached hydrogens (tertiary/aromatic N) is 9. The summed E-state index contributed by atoms with van der Waals surface area (Å²) in [6, 6.07) is 38.1. The third-order valence-electron chi connectivity index (χ3n) is 14.9. The minimum Gasteiger partial charge on any atom is -0.462 e. The number of para-hydroxylation sites is 6. The number of hydrogen-bond donors (Lipinski definition) is 6. The minimum absolute atomic E-state index is 0.304. The van der Waals surface area contributed by atoms with Crippen LogP contribution in [0.2, 0.25) is 15.1 Å². The summed E-state index contributed by atoms with van der Waals surface area (Å²) in [5, 5.41) is 22.3. The lowest BCUT2D eigenvalue weighted by atomic mass is 10.1. The van der Waals surface area contributed by atoms with E-state index in [-0.39, 0.29) is 0 Å². The van der Waals surface area contributed by atoms with Gasteiger partial charge in [0.1, 0.15) is 0 Å². The van der Waals surface area contributed by atoms with E-state index >= 15 is 0 Å². The number of anilines is 3. The fraction of sp³-hybridized carbons (Fsp3) is 0.348. The van der Waals surface area contributed by atoms with Gasteiger partial charge in [0, 0.05) is 40.8 Å². The molecular weight excluding hydrogens is 1190 g/mol. The van der Waals surface area contributed by atoms with Gasteiger partial charge in [-0.15, -0.1) is 15.3 Å². The maximum absolute atomic E-state index is 12.6. The highest BCUT2D eigenvalue weighted by molar-refractivity contribution is 6.34. The molecule has 472 valence electrons. The average Bonchev–Trinajstić information content (AvgIpc) is 2.34. The molecule has 0 saturated heterocycles. The second-order valence-corrected chi connectivity index (χ2v) is 22.5. The van der Waals surface area contributed by atoms with E-state index in [1.165, 1.54) is 51.0 Å². The van der Waals surface area contributed by atoms with E-state index in [4.69, 9.17) is 39.5 Å². The third-order valence-corrected chi connectivity index (χ3v) is 15.9. The number of nitrogens with one attached hydrogen (secondary N) is 6. The molecule has 23 heteroatoms. The number of unbranched alkanes of at least 4 members (excludes halogenated alkanes) is 9. The summed E-state index contributed by atoms with van der Waals surface area (Å²) < 4.78 is 17.3. The quantitative estimate of drug-likeness (QED) is 0.0234. The number of fused-ring (bicyclic) bond motifs is 3. The first kappa shape index (κ1) is 67.8. The predicted molar refractivity (Wildman–Crippen MR) is 359 cm³/mol. The smallest absolute Gasteiger partial charge is 0.339 e. The van der Waals surface area contributed by atoms with E-state index < -0.39 is 24.1 Å². The summed E-state index contributed by atoms with van der Waals surface area (Å²) in [5.41, 5.74) is 19.6. The zero-order valence-corrected chi connectivity index (χ0v) is 54.5. The highest BCUT2D eigenvalue weighted by atomic mass is 35.5. The van der Waals surface area contributed by atoms with E-state index in [2.05, 4.69) is 89.6 Å². The Labute approximate surface area is 534 Å². The number of urea groups is 3. The van der Waals surface area contributed by atoms with Gasteiger partial charge in [0.25, 0.3) is 0 Å². The molecule has 0 unspecified atom stereocenters. The van der Waals surface area contributed by atoms with Crippen LogP contribution >= 0.6 is 34.8 Å². The van der Waals surface area contributed by atoms with Crippen molar-refractivity contribution in [3.8, 4) is 0 Å². The van der Waals surface area contributed by atoms with E-state index in [1.54, 1.807) is 30.3 Å². The van der Waals surface area contributed by atoms with Gasteiger partial charge in [0.15, 0.2) is 0 Å². The van der Waals surface area contributed by atoms with Crippen LogP contribution in [0.5, 0.6) is 0 Å². The predicted octanol–water partition coefficient (Wildman–Crippen LogP) is 14.6. The van der Waals surface area contributed by atoms with Crippen LogP contribution in [-0.2, 0) is 45.5 Å². The molecule has 0 bridgehead atoms. The number of rotatable bonds is 21. The second kappa shape index (κ2) is 33.6. The van der Waals surface area contributed by atoms with Gasteiger partial charge in [-0.1, -0.05) is 148 Å². The number of carbonyl (C=O) groups is 4. The number of ether oxygens (including phenoxy) is 1. The lowest BCUT2D eigenvalue weighted by Gasteiger charge is -2.10. The number of aromatic nitrogens is 6. The number of esters is 1. The van der Waals surface area contributed by atoms with Gasteiger partial charge in [-0.05, 0) is 131 Å². The molecule has 0 radical (unpaired) electrons. The molecule has 89 heavy (non-hydrogen) atoms. The highest BCUT2D eigenvalue weighted by Crippen LogP contribution is 2.26. The number of imidazole rings is 3. The van der Waals surface area contributed by atoms with Crippen molar-refractivity contribution in [1.29, 1.82) is 0 Å². The van der Waals surface area contributed by atoms with Crippen molar-refractivity contribution >= 4 is 109 Å². The van der Waals surface area contributed by atoms with E-state index in [0.29, 0.717) is 67.7 Å². The Morgan fingerprint density at radius 1 is 0.416 bits per heavy atom. The summed E-state index contributed by atoms with van der Waals surface area (Å²) >= 11 is 18.5. The van der Waals surface area contributed by atoms with Crippen LogP contribution in [-0.4, -0.2) is 58.1 Å². The van der Waals surface area contributed by atoms with Crippen molar-refractivity contribution in [3.63, 3.8) is 0 Å². The molecule has 9 rings (SSSR count). The summed E-state index contributed by atoms with van der Waals surface area (Å²) in [5.74, 6) is -0.435. The topological polar surface area (TPSA) is 216 Å². The van der Waals surface area contributed by atoms with Crippen molar-refractivity contribution in [1.82, 2.24) is 43.7 Å². The van der Waals surface area contributed by atoms with E-state index in [0.717, 1.165) is 76.6 Å². The van der Waals surface area contributed by atoms with Crippen LogP contribution in [0.25, 0.3) is 33.1 Å². The molecule has 20 nitrogen and oxygen atoms in total. The minimum atomic E-state index is -0.569. The lowest BCUT2D eigenvalue weighted by Crippen LogP contribution is -2.32. The fourth-order valence-corrected chi connectivity index (χ4v) is 10.8. The molecule has 0 aliphatic rings. The third kappa shape index (κ3) is 18.2. The van der Waals surface area contributed by atoms with Crippen LogP contribution in [0.15, 0.2) is 143 Å². The SMILES string of the molecule is CCCCCCCCCCCCOC(=O)c1ccc(Cl)c(NC(=O)N/N=c2/n(C)c3ccccc3n2CC)c1.CCn1c(=NNC(=O)Nc2cc(C)ccc2Cl)n(CC)c2ccccc21.Cc1ccc(Cl)c(NC(=O)NN=c2n(C)c3ccccc3n2C)c1. The van der Waals surface area contributed by atoms with Crippen molar-refractivity contribution in [3.05, 3.63) is 176 Å². The highest BCUT2D eigenvalue weighted by Gasteiger charge is 2.15. The molecule has 0 saturated carbocycles. The zero-order valence-electron chi connectivity index (χ0n) is 52.2. The molecule has 0 aliphatic heterocycles. The van der Waals surface area contributed by atoms with Gasteiger partial charge in [-0.3, -0.25) is 0 Å². The molecule has 0 fully saturated rings. The summed E-state index contributed by atoms with van der Waals surface area (Å²) in [6.07, 6.45) is 12.2. The van der Waals surface area contributed by atoms with Crippen LogP contribution in [0.4, 0.5) is 31.4 Å². The van der Waals surface area contributed by atoms with Crippen molar-refractivity contribution < 1.29 is 23.9 Å². The van der Waals surface area contributed by atoms with Crippen molar-refractivity contribution in [2.24, 2.45) is 36.4 Å². The zero-order chi connectivity index (χ0) is 64.0. The largest absolute Gasteiger partial charge is 0.462 e. The monoisotopic (exact) mass is 1270 g/mol. The molecule has 3 aromatic heterocycles. The van der Waals surface area contributed by atoms with Crippen LogP contribution < -0.4 is 49.1 Å². The molecule has 6 amide bonds. The Balaban J connectivity index is 0.000000198. The molecule has 3 heterocycles. The summed E-state index contributed by atoms with van der Waals surface area (Å²) in [6.45, 7) is 14.8. The molecule has 6 N–H and O–H groups in total. The number of benzene rings is 6. The maximum atomic E-state index is 12.6. The Morgan fingerprint density at radius 3 is 1.19 bits per heavy atom. The number of halogens is 3. The Bertz CT molecular complexity index is 4050. The maximum Gasteiger partial charge on any atom is 0.339 e. The standard InChI is InChI=1S/C30H42ClN5O3.C19H22ClN5O.C17H18ClN5O/c1-4-6-7-8-9-10-11-12-13-16-21-39-28(37)23-19-20-24(31)25(22-23)32-29(38)33-34-30-35(3)26-17-14-15-18-27(26)36(30)5-2;1-4-24-16-8-6-7-9-17(16)25(5-2)19(24)23-22-18(26)21-15-12-13(3)10-11-14(15)20;1-11-8-9-12(18)13(10-11)19-16(24)20-21-17-22(2)14-6-4-5-7-15(14)23(17)3/h14-15,17-20,22H,4-13,16,21H2,1-3H3,(H2,32,33,38);6-12H,4-5H2,1-3H3,(H2,21,22,26);4-10H,1-3H3,(H2,19,20,24)/b34-30-;;. The average molecular weight is 1270 g/mol. The summed E-state index contributed by atoms with van der Waals surface area (Å²) in [7, 11) is 5.70. The second-order valence-electron chi connectivity index (χ2n) is 21.3. The number of carbonyl (C=O) groups excluding carboxylic acids is 4. The van der Waals surface area contributed by atoms with Crippen molar-refractivity contribution in [2.45, 2.75) is 125 Å². The van der Waals surface area contributed by atoms with E-state index in [1.807, 2.05) is 139 Å². The van der Waals surface area contributed by atoms with E-state index in [9.17, 15) is 19.2 Å². The van der Waals surface area contributed by atoms with Gasteiger partial charge < -0.3 is 48.1 Å². The fourth-order valence-electron chi connectivity index (χ4n) is 10.3.